The monoisotopic (exact) mass is 609 g/mol. The number of aryl methyl sites for hydroxylation is 1. The SMILES string of the molecule is COc1ccc(-c2csc(NC(=O)CCc3ccc(N(CCCCC(F)(F)C(F)(F)F)CC(F)(F)F)cc3)n2)cc1. The highest BCUT2D eigenvalue weighted by molar-refractivity contribution is 7.14. The van der Waals surface area contributed by atoms with E-state index in [1.807, 2.05) is 12.1 Å². The van der Waals surface area contributed by atoms with E-state index >= 15 is 0 Å². The van der Waals surface area contributed by atoms with Gasteiger partial charge in [-0.05, 0) is 61.2 Å². The average Bonchev–Trinajstić information content (AvgIpc) is 3.36. The van der Waals surface area contributed by atoms with Gasteiger partial charge >= 0.3 is 18.3 Å². The molecule has 0 bridgehead atoms. The summed E-state index contributed by atoms with van der Waals surface area (Å²) in [6.07, 6.45) is -12.3. The standard InChI is InChI=1S/C27H27F8N3O2S/c1-40-21-11-7-19(8-12-21)22-16-41-24(36-22)37-23(39)13-6-18-4-9-20(10-5-18)38(17-26(30,31)32)15-3-2-14-25(28,29)27(33,34)35/h4-5,7-12,16H,2-3,6,13-15,17H2,1H3,(H,36,37,39). The van der Waals surface area contributed by atoms with Gasteiger partial charge in [-0.25, -0.2) is 4.98 Å². The van der Waals surface area contributed by atoms with E-state index in [-0.39, 0.29) is 37.4 Å². The van der Waals surface area contributed by atoms with Gasteiger partial charge in [0.15, 0.2) is 5.13 Å². The van der Waals surface area contributed by atoms with E-state index in [0.29, 0.717) is 22.1 Å². The second-order valence-corrected chi connectivity index (χ2v) is 10.0. The van der Waals surface area contributed by atoms with Gasteiger partial charge in [-0.2, -0.15) is 35.1 Å². The Bertz CT molecular complexity index is 1260. The molecule has 0 radical (unpaired) electrons. The molecular weight excluding hydrogens is 582 g/mol. The molecule has 14 heteroatoms. The van der Waals surface area contributed by atoms with Crippen molar-refractivity contribution in [2.45, 2.75) is 50.4 Å². The number of aromatic nitrogens is 1. The number of thiazole rings is 1. The lowest BCUT2D eigenvalue weighted by atomic mass is 10.1. The van der Waals surface area contributed by atoms with Gasteiger partial charge in [0.25, 0.3) is 0 Å². The molecule has 0 saturated carbocycles. The Labute approximate surface area is 235 Å². The summed E-state index contributed by atoms with van der Waals surface area (Å²) in [5, 5.41) is 4.92. The summed E-state index contributed by atoms with van der Waals surface area (Å²) in [7, 11) is 1.56. The Morgan fingerprint density at radius 3 is 2.20 bits per heavy atom. The van der Waals surface area contributed by atoms with Crippen LogP contribution in [0, 0.1) is 0 Å². The minimum absolute atomic E-state index is 0.0798. The highest BCUT2D eigenvalue weighted by Crippen LogP contribution is 2.39. The van der Waals surface area contributed by atoms with E-state index in [9.17, 15) is 39.9 Å². The van der Waals surface area contributed by atoms with Crippen LogP contribution in [0.15, 0.2) is 53.9 Å². The number of hydrogen-bond donors (Lipinski definition) is 1. The molecule has 0 aliphatic carbocycles. The first-order chi connectivity index (χ1) is 19.2. The fraction of sp³-hybridized carbons (Fsp3) is 0.407. The van der Waals surface area contributed by atoms with Crippen LogP contribution in [0.2, 0.25) is 0 Å². The van der Waals surface area contributed by atoms with Crippen molar-refractivity contribution in [2.75, 3.05) is 30.4 Å². The number of carbonyl (C=O) groups is 1. The molecule has 3 rings (SSSR count). The summed E-state index contributed by atoms with van der Waals surface area (Å²) < 4.78 is 107. The van der Waals surface area contributed by atoms with Gasteiger partial charge in [0.2, 0.25) is 5.91 Å². The average molecular weight is 610 g/mol. The fourth-order valence-corrected chi connectivity index (χ4v) is 4.58. The smallest absolute Gasteiger partial charge is 0.453 e. The summed E-state index contributed by atoms with van der Waals surface area (Å²) in [6.45, 7) is -1.75. The summed E-state index contributed by atoms with van der Waals surface area (Å²) in [5.74, 6) is -4.50. The molecule has 1 heterocycles. The number of benzene rings is 2. The van der Waals surface area contributed by atoms with Crippen LogP contribution in [0.3, 0.4) is 0 Å². The zero-order valence-electron chi connectivity index (χ0n) is 21.8. The van der Waals surface area contributed by atoms with Crippen molar-refractivity contribution < 1.29 is 44.7 Å². The second-order valence-electron chi connectivity index (χ2n) is 9.18. The molecule has 1 aromatic heterocycles. The number of alkyl halides is 8. The number of amides is 1. The summed E-state index contributed by atoms with van der Waals surface area (Å²) in [5.41, 5.74) is 2.33. The lowest BCUT2D eigenvalue weighted by Gasteiger charge is -2.27. The highest BCUT2D eigenvalue weighted by atomic mass is 32.1. The van der Waals surface area contributed by atoms with E-state index < -0.39 is 37.7 Å². The van der Waals surface area contributed by atoms with Crippen molar-refractivity contribution in [3.8, 4) is 17.0 Å². The highest BCUT2D eigenvalue weighted by Gasteiger charge is 2.56. The minimum atomic E-state index is -5.70. The minimum Gasteiger partial charge on any atom is -0.497 e. The number of hydrogen-bond acceptors (Lipinski definition) is 5. The second kappa shape index (κ2) is 13.5. The number of nitrogens with zero attached hydrogens (tertiary/aromatic N) is 2. The van der Waals surface area contributed by atoms with Crippen LogP contribution < -0.4 is 15.0 Å². The molecule has 0 unspecified atom stereocenters. The first-order valence-corrected chi connectivity index (χ1v) is 13.3. The van der Waals surface area contributed by atoms with Crippen molar-refractivity contribution >= 4 is 28.1 Å². The number of unbranched alkanes of at least 4 members (excludes halogenated alkanes) is 1. The molecule has 5 nitrogen and oxygen atoms in total. The van der Waals surface area contributed by atoms with E-state index in [4.69, 9.17) is 4.74 Å². The third-order valence-corrected chi connectivity index (χ3v) is 6.79. The molecule has 3 aromatic rings. The number of carbonyl (C=O) groups excluding carboxylic acids is 1. The first-order valence-electron chi connectivity index (χ1n) is 12.4. The van der Waals surface area contributed by atoms with Crippen LogP contribution in [0.25, 0.3) is 11.3 Å². The van der Waals surface area contributed by atoms with Crippen molar-refractivity contribution in [1.29, 1.82) is 0 Å². The van der Waals surface area contributed by atoms with Crippen LogP contribution in [0.5, 0.6) is 5.75 Å². The fourth-order valence-electron chi connectivity index (χ4n) is 3.85. The summed E-state index contributed by atoms with van der Waals surface area (Å²) >= 11 is 1.26. The largest absolute Gasteiger partial charge is 0.497 e. The third-order valence-electron chi connectivity index (χ3n) is 6.03. The zero-order chi connectivity index (χ0) is 30.3. The van der Waals surface area contributed by atoms with Gasteiger partial charge in [0, 0.05) is 36.0 Å². The summed E-state index contributed by atoms with van der Waals surface area (Å²) in [4.78, 5) is 17.7. The lowest BCUT2D eigenvalue weighted by molar-refractivity contribution is -0.284. The van der Waals surface area contributed by atoms with Gasteiger partial charge in [-0.15, -0.1) is 11.3 Å². The molecule has 0 saturated heterocycles. The molecule has 1 amide bonds. The molecule has 0 aliphatic rings. The molecule has 41 heavy (non-hydrogen) atoms. The zero-order valence-corrected chi connectivity index (χ0v) is 22.6. The van der Waals surface area contributed by atoms with E-state index in [1.165, 1.54) is 35.6 Å². The number of rotatable bonds is 13. The molecule has 2 aromatic carbocycles. The van der Waals surface area contributed by atoms with Gasteiger partial charge < -0.3 is 15.0 Å². The van der Waals surface area contributed by atoms with Crippen LogP contribution in [-0.2, 0) is 11.2 Å². The number of nitrogens with one attached hydrogen (secondary N) is 1. The first kappa shape index (κ1) is 32.1. The number of ether oxygens (including phenoxy) is 1. The lowest BCUT2D eigenvalue weighted by Crippen LogP contribution is -2.37. The van der Waals surface area contributed by atoms with Crippen LogP contribution in [0.1, 0.15) is 31.2 Å². The predicted molar refractivity (Wildman–Crippen MR) is 141 cm³/mol. The number of methoxy groups -OCH3 is 1. The number of halogens is 8. The Hall–Kier alpha value is -3.42. The van der Waals surface area contributed by atoms with Gasteiger partial charge in [-0.1, -0.05) is 12.1 Å². The Morgan fingerprint density at radius 2 is 1.61 bits per heavy atom. The Balaban J connectivity index is 1.52. The topological polar surface area (TPSA) is 54.5 Å². The van der Waals surface area contributed by atoms with E-state index in [2.05, 4.69) is 10.3 Å². The molecule has 0 aliphatic heterocycles. The Morgan fingerprint density at radius 1 is 0.951 bits per heavy atom. The molecule has 0 atom stereocenters. The quantitative estimate of drug-likeness (QED) is 0.157. The van der Waals surface area contributed by atoms with Gasteiger partial charge in [-0.3, -0.25) is 4.79 Å². The van der Waals surface area contributed by atoms with Crippen LogP contribution >= 0.6 is 11.3 Å². The van der Waals surface area contributed by atoms with E-state index in [1.54, 1.807) is 24.6 Å². The normalized spacial score (nSPS) is 12.3. The van der Waals surface area contributed by atoms with E-state index in [0.717, 1.165) is 10.5 Å². The van der Waals surface area contributed by atoms with Gasteiger partial charge in [0.05, 0.1) is 12.8 Å². The van der Waals surface area contributed by atoms with Gasteiger partial charge in [0.1, 0.15) is 12.3 Å². The molecule has 0 fully saturated rings. The van der Waals surface area contributed by atoms with Crippen molar-refractivity contribution in [2.24, 2.45) is 0 Å². The van der Waals surface area contributed by atoms with Crippen molar-refractivity contribution in [3.05, 3.63) is 59.5 Å². The maximum absolute atomic E-state index is 13.1. The molecule has 224 valence electrons. The number of anilines is 2. The molecule has 1 N–H and O–H groups in total. The molecular formula is C27H27F8N3O2S. The van der Waals surface area contributed by atoms with Crippen molar-refractivity contribution in [1.82, 2.24) is 4.98 Å². The van der Waals surface area contributed by atoms with Crippen LogP contribution in [0.4, 0.5) is 45.9 Å². The third kappa shape index (κ3) is 9.87. The summed E-state index contributed by atoms with van der Waals surface area (Å²) in [6, 6.07) is 13.1. The van der Waals surface area contributed by atoms with Crippen molar-refractivity contribution in [3.63, 3.8) is 0 Å². The van der Waals surface area contributed by atoms with Crippen LogP contribution in [-0.4, -0.2) is 49.4 Å². The Kier molecular flexibility index (Phi) is 10.6. The maximum Gasteiger partial charge on any atom is 0.453 e. The maximum atomic E-state index is 13.1. The predicted octanol–water partition coefficient (Wildman–Crippen LogP) is 8.13. The molecule has 0 spiro atoms.